The zero-order valence-corrected chi connectivity index (χ0v) is 19.4. The maximum Gasteiger partial charge on any atom is 0.270 e. The number of ether oxygens (including phenoxy) is 1. The number of nitrogens with zero attached hydrogens (tertiary/aromatic N) is 1. The lowest BCUT2D eigenvalue weighted by Crippen LogP contribution is -2.54. The number of amides is 2. The molecule has 0 bridgehead atoms. The zero-order valence-electron chi connectivity index (χ0n) is 18.5. The molecule has 170 valence electrons. The maximum atomic E-state index is 13.4. The average molecular weight is 477 g/mol. The molecule has 5 nitrogen and oxygen atoms in total. The Hall–Kier alpha value is -4.55. The molecule has 1 N–H and O–H groups in total. The standard InChI is InChI=1S/C29H20N2O3S/c32-27-26(19-20-8-7-11-22(18-20)21-9-3-1-4-10-21)28(33)31(29(35)30-27)23-14-16-25(17-15-23)34-24-12-5-2-6-13-24/h1-19H,(H,30,32,35)/b26-19+. The van der Waals surface area contributed by atoms with E-state index in [1.807, 2.05) is 84.9 Å². The van der Waals surface area contributed by atoms with Gasteiger partial charge in [-0.05, 0) is 77.4 Å². The minimum Gasteiger partial charge on any atom is -0.457 e. The third kappa shape index (κ3) is 4.88. The van der Waals surface area contributed by atoms with Crippen LogP contribution in [-0.4, -0.2) is 16.9 Å². The average Bonchev–Trinajstić information content (AvgIpc) is 2.89. The van der Waals surface area contributed by atoms with Gasteiger partial charge in [-0.15, -0.1) is 0 Å². The van der Waals surface area contributed by atoms with Crippen LogP contribution < -0.4 is 15.0 Å². The Morgan fingerprint density at radius 1 is 0.714 bits per heavy atom. The van der Waals surface area contributed by atoms with Gasteiger partial charge < -0.3 is 4.74 Å². The van der Waals surface area contributed by atoms with Crippen LogP contribution >= 0.6 is 12.2 Å². The molecule has 0 atom stereocenters. The summed E-state index contributed by atoms with van der Waals surface area (Å²) < 4.78 is 5.82. The van der Waals surface area contributed by atoms with E-state index in [1.54, 1.807) is 30.3 Å². The van der Waals surface area contributed by atoms with Crippen molar-refractivity contribution in [2.75, 3.05) is 4.90 Å². The molecule has 0 unspecified atom stereocenters. The van der Waals surface area contributed by atoms with Crippen molar-refractivity contribution < 1.29 is 14.3 Å². The van der Waals surface area contributed by atoms with Crippen LogP contribution in [0.25, 0.3) is 17.2 Å². The summed E-state index contributed by atoms with van der Waals surface area (Å²) in [4.78, 5) is 27.3. The molecule has 0 spiro atoms. The summed E-state index contributed by atoms with van der Waals surface area (Å²) in [5.41, 5.74) is 3.32. The molecule has 2 amide bonds. The van der Waals surface area contributed by atoms with Crippen LogP contribution in [0.15, 0.2) is 115 Å². The topological polar surface area (TPSA) is 58.6 Å². The molecule has 0 radical (unpaired) electrons. The highest BCUT2D eigenvalue weighted by Crippen LogP contribution is 2.27. The molecule has 4 aromatic carbocycles. The first-order valence-electron chi connectivity index (χ1n) is 11.0. The number of carbonyl (C=O) groups excluding carboxylic acids is 2. The van der Waals surface area contributed by atoms with Crippen LogP contribution in [0.3, 0.4) is 0 Å². The van der Waals surface area contributed by atoms with E-state index >= 15 is 0 Å². The van der Waals surface area contributed by atoms with E-state index in [0.717, 1.165) is 16.7 Å². The first-order chi connectivity index (χ1) is 17.1. The summed E-state index contributed by atoms with van der Waals surface area (Å²) in [7, 11) is 0. The second-order valence-corrected chi connectivity index (χ2v) is 8.25. The third-order valence-electron chi connectivity index (χ3n) is 5.48. The summed E-state index contributed by atoms with van der Waals surface area (Å²) in [6.07, 6.45) is 1.59. The lowest BCUT2D eigenvalue weighted by molar-refractivity contribution is -0.122. The highest BCUT2D eigenvalue weighted by Gasteiger charge is 2.34. The molecule has 1 saturated heterocycles. The van der Waals surface area contributed by atoms with Crippen molar-refractivity contribution in [3.63, 3.8) is 0 Å². The smallest absolute Gasteiger partial charge is 0.270 e. The number of carbonyl (C=O) groups is 2. The molecule has 6 heteroatoms. The molecular formula is C29H20N2O3S. The van der Waals surface area contributed by atoms with Gasteiger partial charge in [-0.1, -0.05) is 66.7 Å². The Morgan fingerprint density at radius 3 is 2.06 bits per heavy atom. The molecule has 1 aliphatic heterocycles. The van der Waals surface area contributed by atoms with Crippen LogP contribution in [0.2, 0.25) is 0 Å². The summed E-state index contributed by atoms with van der Waals surface area (Å²) >= 11 is 5.32. The summed E-state index contributed by atoms with van der Waals surface area (Å²) in [5.74, 6) is 0.318. The van der Waals surface area contributed by atoms with Crippen LogP contribution in [0.1, 0.15) is 5.56 Å². The second-order valence-electron chi connectivity index (χ2n) is 7.86. The van der Waals surface area contributed by atoms with Crippen LogP contribution in [0.4, 0.5) is 5.69 Å². The van der Waals surface area contributed by atoms with E-state index in [0.29, 0.717) is 17.2 Å². The van der Waals surface area contributed by atoms with E-state index < -0.39 is 11.8 Å². The van der Waals surface area contributed by atoms with Gasteiger partial charge in [0.25, 0.3) is 11.8 Å². The third-order valence-corrected chi connectivity index (χ3v) is 5.76. The predicted molar refractivity (Wildman–Crippen MR) is 141 cm³/mol. The number of rotatable bonds is 5. The fourth-order valence-corrected chi connectivity index (χ4v) is 4.07. The fourth-order valence-electron chi connectivity index (χ4n) is 3.79. The van der Waals surface area contributed by atoms with E-state index in [1.165, 1.54) is 4.90 Å². The van der Waals surface area contributed by atoms with Gasteiger partial charge in [-0.2, -0.15) is 0 Å². The van der Waals surface area contributed by atoms with Crippen molar-refractivity contribution in [1.82, 2.24) is 5.32 Å². The summed E-state index contributed by atoms with van der Waals surface area (Å²) in [6, 6.07) is 34.0. The fraction of sp³-hybridized carbons (Fsp3) is 0. The van der Waals surface area contributed by atoms with Crippen LogP contribution in [0.5, 0.6) is 11.5 Å². The van der Waals surface area contributed by atoms with E-state index in [9.17, 15) is 9.59 Å². The van der Waals surface area contributed by atoms with Crippen molar-refractivity contribution in [3.8, 4) is 22.6 Å². The van der Waals surface area contributed by atoms with Crippen LogP contribution in [-0.2, 0) is 9.59 Å². The maximum absolute atomic E-state index is 13.4. The SMILES string of the molecule is O=C1NC(=S)N(c2ccc(Oc3ccccc3)cc2)C(=O)/C1=C/c1cccc(-c2ccccc2)c1. The Labute approximate surface area is 208 Å². The van der Waals surface area contributed by atoms with Gasteiger partial charge >= 0.3 is 0 Å². The molecule has 1 heterocycles. The van der Waals surface area contributed by atoms with E-state index in [-0.39, 0.29) is 10.7 Å². The molecule has 1 aliphatic rings. The highest BCUT2D eigenvalue weighted by atomic mass is 32.1. The monoisotopic (exact) mass is 476 g/mol. The van der Waals surface area contributed by atoms with Crippen molar-refractivity contribution in [2.24, 2.45) is 0 Å². The van der Waals surface area contributed by atoms with Gasteiger partial charge in [0, 0.05) is 0 Å². The van der Waals surface area contributed by atoms with Crippen molar-refractivity contribution in [2.45, 2.75) is 0 Å². The lowest BCUT2D eigenvalue weighted by Gasteiger charge is -2.29. The number of para-hydroxylation sites is 1. The quantitative estimate of drug-likeness (QED) is 0.219. The number of nitrogens with one attached hydrogen (secondary N) is 1. The number of hydrogen-bond donors (Lipinski definition) is 1. The molecule has 0 aliphatic carbocycles. The molecule has 35 heavy (non-hydrogen) atoms. The molecule has 1 fully saturated rings. The first kappa shape index (κ1) is 22.3. The minimum absolute atomic E-state index is 0.00780. The first-order valence-corrected chi connectivity index (χ1v) is 11.4. The second kappa shape index (κ2) is 9.75. The van der Waals surface area contributed by atoms with Gasteiger partial charge in [0.15, 0.2) is 5.11 Å². The number of thiocarbonyl (C=S) groups is 1. The normalized spacial score (nSPS) is 14.7. The van der Waals surface area contributed by atoms with Gasteiger partial charge in [-0.25, -0.2) is 0 Å². The van der Waals surface area contributed by atoms with E-state index in [4.69, 9.17) is 17.0 Å². The van der Waals surface area contributed by atoms with Crippen molar-refractivity contribution in [1.29, 1.82) is 0 Å². The Balaban J connectivity index is 1.41. The number of anilines is 1. The predicted octanol–water partition coefficient (Wildman–Crippen LogP) is 5.98. The summed E-state index contributed by atoms with van der Waals surface area (Å²) in [6.45, 7) is 0. The molecular weight excluding hydrogens is 456 g/mol. The Morgan fingerprint density at radius 2 is 1.34 bits per heavy atom. The van der Waals surface area contributed by atoms with Gasteiger partial charge in [-0.3, -0.25) is 19.8 Å². The highest BCUT2D eigenvalue weighted by molar-refractivity contribution is 7.80. The van der Waals surface area contributed by atoms with Gasteiger partial charge in [0.2, 0.25) is 0 Å². The molecule has 0 aromatic heterocycles. The van der Waals surface area contributed by atoms with Gasteiger partial charge in [0.1, 0.15) is 17.1 Å². The number of benzene rings is 4. The van der Waals surface area contributed by atoms with Gasteiger partial charge in [0.05, 0.1) is 5.69 Å². The Bertz CT molecular complexity index is 1430. The molecule has 4 aromatic rings. The van der Waals surface area contributed by atoms with Crippen molar-refractivity contribution in [3.05, 3.63) is 120 Å². The summed E-state index contributed by atoms with van der Waals surface area (Å²) in [5, 5.41) is 2.66. The van der Waals surface area contributed by atoms with Crippen molar-refractivity contribution >= 4 is 40.9 Å². The Kier molecular flexibility index (Phi) is 6.20. The largest absolute Gasteiger partial charge is 0.457 e. The number of hydrogen-bond acceptors (Lipinski definition) is 4. The van der Waals surface area contributed by atoms with E-state index in [2.05, 4.69) is 5.32 Å². The molecule has 0 saturated carbocycles. The lowest BCUT2D eigenvalue weighted by atomic mass is 10.0. The molecule has 5 rings (SSSR count). The zero-order chi connectivity index (χ0) is 24.2. The minimum atomic E-state index is -0.523. The van der Waals surface area contributed by atoms with Crippen LogP contribution in [0, 0.1) is 0 Å².